The van der Waals surface area contributed by atoms with Crippen molar-refractivity contribution in [1.82, 2.24) is 15.0 Å². The standard InChI is InChI=1S/C17H23ClN6S/c1-2-17(11-19)4-7-24(8-5-17)13-9-23-14(10-22-13)25-12-3-6-21-16(20)15(12)18/h3,6,9-10H,2,4-5,7-8,11,19H2,1H3,(H2,20,21). The summed E-state index contributed by atoms with van der Waals surface area (Å²) in [5, 5.41) is 1.23. The third-order valence-electron chi connectivity index (χ3n) is 5.04. The van der Waals surface area contributed by atoms with Gasteiger partial charge >= 0.3 is 0 Å². The van der Waals surface area contributed by atoms with Crippen LogP contribution in [0.25, 0.3) is 0 Å². The lowest BCUT2D eigenvalue weighted by Gasteiger charge is -2.41. The molecule has 4 N–H and O–H groups in total. The van der Waals surface area contributed by atoms with Crippen LogP contribution in [0.5, 0.6) is 0 Å². The highest BCUT2D eigenvalue weighted by molar-refractivity contribution is 7.99. The van der Waals surface area contributed by atoms with Gasteiger partial charge in [-0.25, -0.2) is 15.0 Å². The smallest absolute Gasteiger partial charge is 0.147 e. The van der Waals surface area contributed by atoms with E-state index >= 15 is 0 Å². The molecule has 0 saturated carbocycles. The quantitative estimate of drug-likeness (QED) is 0.824. The number of nitrogen functional groups attached to an aromatic ring is 1. The molecule has 1 fully saturated rings. The van der Waals surface area contributed by atoms with Crippen molar-refractivity contribution in [3.05, 3.63) is 29.7 Å². The van der Waals surface area contributed by atoms with Crippen molar-refractivity contribution >= 4 is 35.0 Å². The van der Waals surface area contributed by atoms with Crippen LogP contribution < -0.4 is 16.4 Å². The zero-order chi connectivity index (χ0) is 17.9. The molecule has 0 atom stereocenters. The molecule has 3 rings (SSSR count). The van der Waals surface area contributed by atoms with Gasteiger partial charge in [0.1, 0.15) is 16.7 Å². The van der Waals surface area contributed by atoms with Gasteiger partial charge in [0.2, 0.25) is 0 Å². The minimum atomic E-state index is 0.289. The lowest BCUT2D eigenvalue weighted by molar-refractivity contribution is 0.218. The van der Waals surface area contributed by atoms with Crippen molar-refractivity contribution in [2.45, 2.75) is 36.1 Å². The fourth-order valence-electron chi connectivity index (χ4n) is 3.07. The van der Waals surface area contributed by atoms with Gasteiger partial charge < -0.3 is 16.4 Å². The summed E-state index contributed by atoms with van der Waals surface area (Å²) in [5.41, 5.74) is 12.0. The van der Waals surface area contributed by atoms with Gasteiger partial charge in [-0.2, -0.15) is 0 Å². The van der Waals surface area contributed by atoms with Crippen LogP contribution in [0.15, 0.2) is 34.6 Å². The Bertz CT molecular complexity index is 710. The van der Waals surface area contributed by atoms with Gasteiger partial charge in [0.15, 0.2) is 0 Å². The molecule has 0 radical (unpaired) electrons. The lowest BCUT2D eigenvalue weighted by Crippen LogP contribution is -2.44. The summed E-state index contributed by atoms with van der Waals surface area (Å²) >= 11 is 7.61. The summed E-state index contributed by atoms with van der Waals surface area (Å²) in [6.45, 7) is 4.93. The van der Waals surface area contributed by atoms with Gasteiger partial charge in [-0.15, -0.1) is 0 Å². The first-order chi connectivity index (χ1) is 12.1. The highest BCUT2D eigenvalue weighted by atomic mass is 35.5. The van der Waals surface area contributed by atoms with E-state index in [1.54, 1.807) is 12.4 Å². The maximum absolute atomic E-state index is 6.18. The summed E-state index contributed by atoms with van der Waals surface area (Å²) in [6, 6.07) is 1.82. The number of pyridine rings is 1. The van der Waals surface area contributed by atoms with Crippen molar-refractivity contribution in [3.8, 4) is 0 Å². The molecule has 134 valence electrons. The summed E-state index contributed by atoms with van der Waals surface area (Å²) in [6.07, 6.45) is 8.57. The van der Waals surface area contributed by atoms with Crippen LogP contribution in [0, 0.1) is 5.41 Å². The SMILES string of the molecule is CCC1(CN)CCN(c2cnc(Sc3ccnc(N)c3Cl)cn2)CC1. The molecule has 0 aliphatic carbocycles. The first-order valence-corrected chi connectivity index (χ1v) is 9.61. The Morgan fingerprint density at radius 3 is 2.60 bits per heavy atom. The van der Waals surface area contributed by atoms with E-state index in [-0.39, 0.29) is 5.41 Å². The average molecular weight is 379 g/mol. The van der Waals surface area contributed by atoms with Crippen molar-refractivity contribution < 1.29 is 0 Å². The Hall–Kier alpha value is -1.57. The van der Waals surface area contributed by atoms with Crippen LogP contribution in [-0.2, 0) is 0 Å². The molecule has 25 heavy (non-hydrogen) atoms. The molecule has 2 aromatic rings. The van der Waals surface area contributed by atoms with Gasteiger partial charge in [-0.1, -0.05) is 30.3 Å². The predicted molar refractivity (Wildman–Crippen MR) is 103 cm³/mol. The molecular weight excluding hydrogens is 356 g/mol. The molecule has 0 bridgehead atoms. The molecule has 0 amide bonds. The highest BCUT2D eigenvalue weighted by Gasteiger charge is 2.32. The number of rotatable bonds is 5. The Balaban J connectivity index is 1.66. The average Bonchev–Trinajstić information content (AvgIpc) is 2.66. The van der Waals surface area contributed by atoms with Crippen LogP contribution >= 0.6 is 23.4 Å². The molecule has 2 aromatic heterocycles. The number of piperidine rings is 1. The fourth-order valence-corrected chi connectivity index (χ4v) is 4.06. The van der Waals surface area contributed by atoms with Gasteiger partial charge in [0.05, 0.1) is 17.4 Å². The van der Waals surface area contributed by atoms with Crippen molar-refractivity contribution in [1.29, 1.82) is 0 Å². The first kappa shape index (κ1) is 18.2. The van der Waals surface area contributed by atoms with E-state index < -0.39 is 0 Å². The monoisotopic (exact) mass is 378 g/mol. The second-order valence-corrected chi connectivity index (χ2v) is 7.81. The van der Waals surface area contributed by atoms with Gasteiger partial charge in [-0.3, -0.25) is 0 Å². The number of hydrogen-bond acceptors (Lipinski definition) is 7. The molecule has 1 saturated heterocycles. The Kier molecular flexibility index (Phi) is 5.66. The maximum atomic E-state index is 6.18. The minimum absolute atomic E-state index is 0.289. The molecule has 0 spiro atoms. The predicted octanol–water partition coefficient (Wildman–Crippen LogP) is 3.21. The van der Waals surface area contributed by atoms with E-state index in [1.165, 1.54) is 11.8 Å². The number of aromatic nitrogens is 3. The molecule has 3 heterocycles. The van der Waals surface area contributed by atoms with Gasteiger partial charge in [-0.05, 0) is 37.3 Å². The van der Waals surface area contributed by atoms with E-state index in [9.17, 15) is 0 Å². The van der Waals surface area contributed by atoms with E-state index in [0.717, 1.165) is 54.6 Å². The van der Waals surface area contributed by atoms with E-state index in [0.29, 0.717) is 10.8 Å². The summed E-state index contributed by atoms with van der Waals surface area (Å²) in [7, 11) is 0. The van der Waals surface area contributed by atoms with Gasteiger partial charge in [0, 0.05) is 24.2 Å². The fraction of sp³-hybridized carbons (Fsp3) is 0.471. The second-order valence-electron chi connectivity index (χ2n) is 6.37. The van der Waals surface area contributed by atoms with Gasteiger partial charge in [0.25, 0.3) is 0 Å². The number of anilines is 2. The van der Waals surface area contributed by atoms with E-state index in [4.69, 9.17) is 23.1 Å². The number of nitrogens with two attached hydrogens (primary N) is 2. The van der Waals surface area contributed by atoms with Crippen LogP contribution in [0.4, 0.5) is 11.6 Å². The largest absolute Gasteiger partial charge is 0.382 e. The third kappa shape index (κ3) is 3.99. The molecule has 6 nitrogen and oxygen atoms in total. The number of halogens is 1. The van der Waals surface area contributed by atoms with E-state index in [2.05, 4.69) is 26.8 Å². The summed E-state index contributed by atoms with van der Waals surface area (Å²) in [4.78, 5) is 16.1. The Labute approximate surface area is 157 Å². The number of nitrogens with zero attached hydrogens (tertiary/aromatic N) is 4. The topological polar surface area (TPSA) is 94.0 Å². The van der Waals surface area contributed by atoms with Crippen molar-refractivity contribution in [2.75, 3.05) is 30.3 Å². The van der Waals surface area contributed by atoms with Crippen LogP contribution in [0.1, 0.15) is 26.2 Å². The highest BCUT2D eigenvalue weighted by Crippen LogP contribution is 2.36. The Morgan fingerprint density at radius 1 is 1.24 bits per heavy atom. The molecule has 1 aliphatic rings. The lowest BCUT2D eigenvalue weighted by atomic mass is 9.76. The van der Waals surface area contributed by atoms with Crippen LogP contribution in [0.2, 0.25) is 5.02 Å². The Morgan fingerprint density at radius 2 is 2.00 bits per heavy atom. The summed E-state index contributed by atoms with van der Waals surface area (Å²) < 4.78 is 0. The van der Waals surface area contributed by atoms with Crippen LogP contribution in [0.3, 0.4) is 0 Å². The molecule has 0 unspecified atom stereocenters. The molecule has 1 aliphatic heterocycles. The number of hydrogen-bond donors (Lipinski definition) is 2. The minimum Gasteiger partial charge on any atom is -0.382 e. The molecular formula is C17H23ClN6S. The van der Waals surface area contributed by atoms with Crippen molar-refractivity contribution in [3.63, 3.8) is 0 Å². The van der Waals surface area contributed by atoms with E-state index in [1.807, 2.05) is 12.3 Å². The first-order valence-electron chi connectivity index (χ1n) is 8.42. The second kappa shape index (κ2) is 7.76. The zero-order valence-electron chi connectivity index (χ0n) is 14.3. The third-order valence-corrected chi connectivity index (χ3v) is 6.53. The van der Waals surface area contributed by atoms with Crippen LogP contribution in [-0.4, -0.2) is 34.6 Å². The normalized spacial score (nSPS) is 16.8. The maximum Gasteiger partial charge on any atom is 0.147 e. The summed E-state index contributed by atoms with van der Waals surface area (Å²) in [5.74, 6) is 1.23. The zero-order valence-corrected chi connectivity index (χ0v) is 15.9. The molecule has 8 heteroatoms. The van der Waals surface area contributed by atoms with Crippen molar-refractivity contribution in [2.24, 2.45) is 11.1 Å². The molecule has 0 aromatic carbocycles.